The number of aryl methyl sites for hydroxylation is 2. The molecule has 0 spiro atoms. The summed E-state index contributed by atoms with van der Waals surface area (Å²) >= 11 is 0. The molecule has 0 bridgehead atoms. The summed E-state index contributed by atoms with van der Waals surface area (Å²) in [6.07, 6.45) is 2.10. The van der Waals surface area contributed by atoms with Crippen molar-refractivity contribution in [3.05, 3.63) is 47.0 Å². The van der Waals surface area contributed by atoms with Gasteiger partial charge in [-0.15, -0.1) is 0 Å². The summed E-state index contributed by atoms with van der Waals surface area (Å²) in [7, 11) is 0. The first-order chi connectivity index (χ1) is 8.66. The molecule has 0 fully saturated rings. The number of carbonyl (C=O) groups excluding carboxylic acids is 2. The Morgan fingerprint density at radius 2 is 1.78 bits per heavy atom. The van der Waals surface area contributed by atoms with Gasteiger partial charge in [0.15, 0.2) is 5.78 Å². The quantitative estimate of drug-likeness (QED) is 0.608. The molecule has 0 aliphatic heterocycles. The SMILES string of the molecule is CC(=O)CC(=O)c1ccc2c3c(cccc13)CC2. The highest BCUT2D eigenvalue weighted by molar-refractivity contribution is 6.15. The van der Waals surface area contributed by atoms with E-state index in [1.54, 1.807) is 0 Å². The number of carbonyl (C=O) groups is 2. The van der Waals surface area contributed by atoms with Gasteiger partial charge in [-0.2, -0.15) is 0 Å². The second kappa shape index (κ2) is 4.05. The van der Waals surface area contributed by atoms with Gasteiger partial charge in [-0.1, -0.05) is 30.3 Å². The lowest BCUT2D eigenvalue weighted by molar-refractivity contribution is -0.116. The van der Waals surface area contributed by atoms with Crippen LogP contribution in [-0.4, -0.2) is 11.6 Å². The summed E-state index contributed by atoms with van der Waals surface area (Å²) in [6, 6.07) is 10.0. The molecule has 2 aromatic rings. The molecule has 0 unspecified atom stereocenters. The van der Waals surface area contributed by atoms with Gasteiger partial charge in [0, 0.05) is 5.56 Å². The molecular weight excluding hydrogens is 224 g/mol. The molecule has 1 aliphatic carbocycles. The standard InChI is InChI=1S/C16H14O2/c1-10(17)9-15(18)13-8-7-12-6-5-11-3-2-4-14(13)16(11)12/h2-4,7-8H,5-6,9H2,1H3. The van der Waals surface area contributed by atoms with Crippen molar-refractivity contribution in [3.63, 3.8) is 0 Å². The van der Waals surface area contributed by atoms with Gasteiger partial charge in [-0.25, -0.2) is 0 Å². The van der Waals surface area contributed by atoms with E-state index in [1.807, 2.05) is 24.3 Å². The molecule has 90 valence electrons. The summed E-state index contributed by atoms with van der Waals surface area (Å²) < 4.78 is 0. The van der Waals surface area contributed by atoms with E-state index in [0.717, 1.165) is 18.2 Å². The number of hydrogen-bond donors (Lipinski definition) is 0. The molecule has 0 aromatic heterocycles. The number of hydrogen-bond acceptors (Lipinski definition) is 2. The molecule has 0 atom stereocenters. The largest absolute Gasteiger partial charge is 0.300 e. The van der Waals surface area contributed by atoms with Crippen molar-refractivity contribution < 1.29 is 9.59 Å². The maximum atomic E-state index is 12.1. The topological polar surface area (TPSA) is 34.1 Å². The van der Waals surface area contributed by atoms with Gasteiger partial charge in [0.25, 0.3) is 0 Å². The molecule has 0 saturated carbocycles. The maximum absolute atomic E-state index is 12.1. The Balaban J connectivity index is 2.20. The first-order valence-corrected chi connectivity index (χ1v) is 6.23. The van der Waals surface area contributed by atoms with Crippen molar-refractivity contribution >= 4 is 22.3 Å². The number of rotatable bonds is 3. The van der Waals surface area contributed by atoms with Crippen LogP contribution in [0.3, 0.4) is 0 Å². The molecule has 0 N–H and O–H groups in total. The molecule has 1 aliphatic rings. The average Bonchev–Trinajstić information content (AvgIpc) is 2.74. The third kappa shape index (κ3) is 1.65. The summed E-state index contributed by atoms with van der Waals surface area (Å²) in [6.45, 7) is 1.46. The van der Waals surface area contributed by atoms with E-state index >= 15 is 0 Å². The van der Waals surface area contributed by atoms with Crippen LogP contribution in [-0.2, 0) is 17.6 Å². The van der Waals surface area contributed by atoms with Crippen LogP contribution in [0.4, 0.5) is 0 Å². The minimum atomic E-state index is -0.0803. The fraction of sp³-hybridized carbons (Fsp3) is 0.250. The van der Waals surface area contributed by atoms with Crippen LogP contribution in [0.2, 0.25) is 0 Å². The van der Waals surface area contributed by atoms with Crippen molar-refractivity contribution in [1.29, 1.82) is 0 Å². The van der Waals surface area contributed by atoms with Crippen molar-refractivity contribution in [1.82, 2.24) is 0 Å². The summed E-state index contributed by atoms with van der Waals surface area (Å²) in [5.41, 5.74) is 3.33. The molecular formula is C16H14O2. The second-order valence-corrected chi connectivity index (χ2v) is 4.91. The van der Waals surface area contributed by atoms with Crippen molar-refractivity contribution in [2.75, 3.05) is 0 Å². The lowest BCUT2D eigenvalue weighted by Crippen LogP contribution is -2.05. The Labute approximate surface area is 106 Å². The van der Waals surface area contributed by atoms with Crippen molar-refractivity contribution in [2.45, 2.75) is 26.2 Å². The lowest BCUT2D eigenvalue weighted by atomic mass is 9.96. The second-order valence-electron chi connectivity index (χ2n) is 4.91. The zero-order chi connectivity index (χ0) is 12.7. The first-order valence-electron chi connectivity index (χ1n) is 6.23. The number of ketones is 2. The van der Waals surface area contributed by atoms with E-state index in [2.05, 4.69) is 6.07 Å². The van der Waals surface area contributed by atoms with Crippen LogP contribution >= 0.6 is 0 Å². The Bertz CT molecular complexity index is 658. The summed E-state index contributed by atoms with van der Waals surface area (Å²) in [5.74, 6) is -0.152. The highest BCUT2D eigenvalue weighted by atomic mass is 16.1. The highest BCUT2D eigenvalue weighted by Gasteiger charge is 2.18. The van der Waals surface area contributed by atoms with Crippen molar-refractivity contribution in [2.24, 2.45) is 0 Å². The molecule has 2 heteroatoms. The fourth-order valence-corrected chi connectivity index (χ4v) is 2.81. The minimum Gasteiger partial charge on any atom is -0.300 e. The van der Waals surface area contributed by atoms with Crippen LogP contribution in [0.15, 0.2) is 30.3 Å². The predicted octanol–water partition coefficient (Wildman–Crippen LogP) is 3.10. The van der Waals surface area contributed by atoms with E-state index in [4.69, 9.17) is 0 Å². The van der Waals surface area contributed by atoms with Crippen LogP contribution in [0.1, 0.15) is 34.8 Å². The Hall–Kier alpha value is -1.96. The molecule has 2 aromatic carbocycles. The predicted molar refractivity (Wildman–Crippen MR) is 71.0 cm³/mol. The Kier molecular flexibility index (Phi) is 2.51. The Morgan fingerprint density at radius 3 is 2.50 bits per heavy atom. The van der Waals surface area contributed by atoms with Gasteiger partial charge in [0.1, 0.15) is 5.78 Å². The number of Topliss-reactive ketones (excluding diaryl/α,β-unsaturated/α-hetero) is 2. The van der Waals surface area contributed by atoms with Gasteiger partial charge in [-0.3, -0.25) is 9.59 Å². The van der Waals surface area contributed by atoms with E-state index in [9.17, 15) is 9.59 Å². The van der Waals surface area contributed by atoms with Gasteiger partial charge in [-0.05, 0) is 41.7 Å². The monoisotopic (exact) mass is 238 g/mol. The highest BCUT2D eigenvalue weighted by Crippen LogP contribution is 2.33. The van der Waals surface area contributed by atoms with Crippen LogP contribution in [0, 0.1) is 0 Å². The Morgan fingerprint density at radius 1 is 1.06 bits per heavy atom. The van der Waals surface area contributed by atoms with Gasteiger partial charge in [0.05, 0.1) is 6.42 Å². The number of benzene rings is 2. The molecule has 2 nitrogen and oxygen atoms in total. The van der Waals surface area contributed by atoms with E-state index < -0.39 is 0 Å². The van der Waals surface area contributed by atoms with Gasteiger partial charge < -0.3 is 0 Å². The third-order valence-corrected chi connectivity index (χ3v) is 3.59. The molecule has 3 rings (SSSR count). The fourth-order valence-electron chi connectivity index (χ4n) is 2.81. The lowest BCUT2D eigenvalue weighted by Gasteiger charge is -2.07. The zero-order valence-corrected chi connectivity index (χ0v) is 10.3. The van der Waals surface area contributed by atoms with Gasteiger partial charge in [0.2, 0.25) is 0 Å². The van der Waals surface area contributed by atoms with E-state index in [0.29, 0.717) is 5.56 Å². The zero-order valence-electron chi connectivity index (χ0n) is 10.3. The molecule has 18 heavy (non-hydrogen) atoms. The third-order valence-electron chi connectivity index (χ3n) is 3.59. The smallest absolute Gasteiger partial charge is 0.170 e. The van der Waals surface area contributed by atoms with Gasteiger partial charge >= 0.3 is 0 Å². The molecule has 0 saturated heterocycles. The summed E-state index contributed by atoms with van der Waals surface area (Å²) in [5, 5.41) is 2.24. The van der Waals surface area contributed by atoms with E-state index in [1.165, 1.54) is 23.4 Å². The molecule has 0 amide bonds. The van der Waals surface area contributed by atoms with Crippen LogP contribution in [0.25, 0.3) is 10.8 Å². The molecule has 0 radical (unpaired) electrons. The van der Waals surface area contributed by atoms with E-state index in [-0.39, 0.29) is 18.0 Å². The summed E-state index contributed by atoms with van der Waals surface area (Å²) in [4.78, 5) is 23.2. The normalized spacial score (nSPS) is 12.9. The van der Waals surface area contributed by atoms with Crippen LogP contribution in [0.5, 0.6) is 0 Å². The van der Waals surface area contributed by atoms with Crippen molar-refractivity contribution in [3.8, 4) is 0 Å². The maximum Gasteiger partial charge on any atom is 0.170 e. The average molecular weight is 238 g/mol. The minimum absolute atomic E-state index is 0.00132. The van der Waals surface area contributed by atoms with Crippen LogP contribution < -0.4 is 0 Å². The molecule has 0 heterocycles. The first kappa shape index (κ1) is 11.1.